The number of amides is 1. The Morgan fingerprint density at radius 2 is 1.83 bits per heavy atom. The number of carbonyl (C=O) groups is 1. The second kappa shape index (κ2) is 7.77. The van der Waals surface area contributed by atoms with Crippen LogP contribution in [0, 0.1) is 23.2 Å². The number of hydrogen-bond donors (Lipinski definition) is 1. The molecule has 2 rings (SSSR count). The monoisotopic (exact) mass is 349 g/mol. The van der Waals surface area contributed by atoms with Gasteiger partial charge in [-0.1, -0.05) is 13.8 Å². The van der Waals surface area contributed by atoms with Crippen molar-refractivity contribution in [3.8, 4) is 6.07 Å². The quantitative estimate of drug-likeness (QED) is 0.823. The van der Waals surface area contributed by atoms with Gasteiger partial charge in [0.1, 0.15) is 0 Å². The summed E-state index contributed by atoms with van der Waals surface area (Å²) in [4.78, 5) is 14.5. The second-order valence-corrected chi connectivity index (χ2v) is 8.25. The molecule has 1 aliphatic heterocycles. The number of carbonyl (C=O) groups excluding carboxylic acids is 1. The summed E-state index contributed by atoms with van der Waals surface area (Å²) in [6.07, 6.45) is 1.23. The van der Waals surface area contributed by atoms with Crippen molar-refractivity contribution in [1.29, 1.82) is 5.26 Å². The number of rotatable bonds is 5. The van der Waals surface area contributed by atoms with Crippen molar-refractivity contribution in [3.63, 3.8) is 0 Å². The molecule has 0 aromatic heterocycles. The molecule has 24 heavy (non-hydrogen) atoms. The first-order valence-electron chi connectivity index (χ1n) is 8.09. The molecule has 1 saturated heterocycles. The highest BCUT2D eigenvalue weighted by Gasteiger charge is 2.26. The standard InChI is InChI=1S/C17H23N3O3S/c1-13-10-14(2)12-20(11-13)17(21)15-4-6-16(7-5-15)24(22,23)19-9-3-8-18/h4-7,13-14,19H,3,9-12H2,1-2H3. The summed E-state index contributed by atoms with van der Waals surface area (Å²) in [5.74, 6) is 0.887. The zero-order chi connectivity index (χ0) is 17.7. The van der Waals surface area contributed by atoms with Crippen LogP contribution in [-0.4, -0.2) is 38.9 Å². The average molecular weight is 349 g/mol. The molecule has 1 fully saturated rings. The van der Waals surface area contributed by atoms with Gasteiger partial charge in [0.05, 0.1) is 11.0 Å². The van der Waals surface area contributed by atoms with E-state index >= 15 is 0 Å². The maximum absolute atomic E-state index is 12.6. The molecular weight excluding hydrogens is 326 g/mol. The lowest BCUT2D eigenvalue weighted by Crippen LogP contribution is -2.42. The van der Waals surface area contributed by atoms with Crippen LogP contribution in [0.5, 0.6) is 0 Å². The molecule has 1 amide bonds. The number of hydrogen-bond acceptors (Lipinski definition) is 4. The molecule has 0 saturated carbocycles. The van der Waals surface area contributed by atoms with Crippen LogP contribution in [0.25, 0.3) is 0 Å². The fourth-order valence-corrected chi connectivity index (χ4v) is 4.14. The summed E-state index contributed by atoms with van der Waals surface area (Å²) in [7, 11) is -3.64. The summed E-state index contributed by atoms with van der Waals surface area (Å²) < 4.78 is 26.5. The Labute approximate surface area is 143 Å². The lowest BCUT2D eigenvalue weighted by Gasteiger charge is -2.35. The van der Waals surface area contributed by atoms with Crippen LogP contribution in [0.15, 0.2) is 29.2 Å². The molecule has 7 heteroatoms. The van der Waals surface area contributed by atoms with Crippen molar-refractivity contribution in [2.24, 2.45) is 11.8 Å². The number of benzene rings is 1. The molecule has 130 valence electrons. The topological polar surface area (TPSA) is 90.3 Å². The van der Waals surface area contributed by atoms with E-state index in [1.165, 1.54) is 12.1 Å². The fourth-order valence-electron chi connectivity index (χ4n) is 3.11. The molecule has 1 aromatic rings. The molecule has 1 aromatic carbocycles. The van der Waals surface area contributed by atoms with E-state index in [0.29, 0.717) is 17.4 Å². The van der Waals surface area contributed by atoms with E-state index in [9.17, 15) is 13.2 Å². The van der Waals surface area contributed by atoms with Crippen molar-refractivity contribution >= 4 is 15.9 Å². The van der Waals surface area contributed by atoms with Crippen LogP contribution in [0.2, 0.25) is 0 Å². The van der Waals surface area contributed by atoms with Gasteiger partial charge in [0, 0.05) is 31.6 Å². The van der Waals surface area contributed by atoms with Crippen molar-refractivity contribution in [3.05, 3.63) is 29.8 Å². The Hall–Kier alpha value is -1.91. The van der Waals surface area contributed by atoms with Gasteiger partial charge in [-0.25, -0.2) is 13.1 Å². The van der Waals surface area contributed by atoms with Gasteiger partial charge < -0.3 is 4.90 Å². The van der Waals surface area contributed by atoms with Gasteiger partial charge in [0.15, 0.2) is 0 Å². The third kappa shape index (κ3) is 4.56. The Morgan fingerprint density at radius 3 is 2.38 bits per heavy atom. The highest BCUT2D eigenvalue weighted by atomic mass is 32.2. The Morgan fingerprint density at radius 1 is 1.25 bits per heavy atom. The van der Waals surface area contributed by atoms with Crippen LogP contribution >= 0.6 is 0 Å². The summed E-state index contributed by atoms with van der Waals surface area (Å²) >= 11 is 0. The van der Waals surface area contributed by atoms with Crippen LogP contribution < -0.4 is 4.72 Å². The lowest BCUT2D eigenvalue weighted by molar-refractivity contribution is 0.0623. The first kappa shape index (κ1) is 18.4. The number of nitriles is 1. The molecular formula is C17H23N3O3S. The zero-order valence-electron chi connectivity index (χ0n) is 14.0. The summed E-state index contributed by atoms with van der Waals surface area (Å²) in [6, 6.07) is 7.83. The minimum Gasteiger partial charge on any atom is -0.338 e. The minimum atomic E-state index is -3.64. The summed E-state index contributed by atoms with van der Waals surface area (Å²) in [5.41, 5.74) is 0.493. The highest BCUT2D eigenvalue weighted by molar-refractivity contribution is 7.89. The van der Waals surface area contributed by atoms with Crippen molar-refractivity contribution < 1.29 is 13.2 Å². The molecule has 0 radical (unpaired) electrons. The van der Waals surface area contributed by atoms with Crippen LogP contribution in [-0.2, 0) is 10.0 Å². The lowest BCUT2D eigenvalue weighted by atomic mass is 9.91. The normalized spacial score (nSPS) is 21.3. The van der Waals surface area contributed by atoms with E-state index in [2.05, 4.69) is 18.6 Å². The van der Waals surface area contributed by atoms with Gasteiger partial charge in [0.25, 0.3) is 5.91 Å². The molecule has 2 atom stereocenters. The van der Waals surface area contributed by atoms with Gasteiger partial charge in [0.2, 0.25) is 10.0 Å². The van der Waals surface area contributed by atoms with Gasteiger partial charge in [-0.3, -0.25) is 4.79 Å². The first-order valence-corrected chi connectivity index (χ1v) is 9.57. The van der Waals surface area contributed by atoms with Crippen molar-refractivity contribution in [2.75, 3.05) is 19.6 Å². The van der Waals surface area contributed by atoms with Gasteiger partial charge in [-0.2, -0.15) is 5.26 Å². The molecule has 1 aliphatic rings. The Bertz CT molecular complexity index is 712. The predicted octanol–water partition coefficient (Wildman–Crippen LogP) is 2.00. The first-order chi connectivity index (χ1) is 11.3. The van der Waals surface area contributed by atoms with Crippen LogP contribution in [0.1, 0.15) is 37.0 Å². The highest BCUT2D eigenvalue weighted by Crippen LogP contribution is 2.23. The van der Waals surface area contributed by atoms with Crippen molar-refractivity contribution in [1.82, 2.24) is 9.62 Å². The summed E-state index contributed by atoms with van der Waals surface area (Å²) in [6.45, 7) is 5.82. The molecule has 1 heterocycles. The maximum atomic E-state index is 12.6. The molecule has 0 spiro atoms. The molecule has 1 N–H and O–H groups in total. The van der Waals surface area contributed by atoms with E-state index < -0.39 is 10.0 Å². The smallest absolute Gasteiger partial charge is 0.253 e. The number of nitrogens with one attached hydrogen (secondary N) is 1. The van der Waals surface area contributed by atoms with Gasteiger partial charge in [-0.15, -0.1) is 0 Å². The molecule has 6 nitrogen and oxygen atoms in total. The molecule has 2 unspecified atom stereocenters. The zero-order valence-corrected chi connectivity index (χ0v) is 14.8. The number of likely N-dealkylation sites (tertiary alicyclic amines) is 1. The SMILES string of the molecule is CC1CC(C)CN(C(=O)c2ccc(S(=O)(=O)NCCC#N)cc2)C1. The van der Waals surface area contributed by atoms with Gasteiger partial charge >= 0.3 is 0 Å². The van der Waals surface area contributed by atoms with E-state index in [1.54, 1.807) is 12.1 Å². The van der Waals surface area contributed by atoms with Crippen LogP contribution in [0.4, 0.5) is 0 Å². The average Bonchev–Trinajstić information content (AvgIpc) is 2.53. The van der Waals surface area contributed by atoms with Crippen molar-refractivity contribution in [2.45, 2.75) is 31.6 Å². The number of sulfonamides is 1. The van der Waals surface area contributed by atoms with E-state index in [0.717, 1.165) is 19.5 Å². The Balaban J connectivity index is 2.09. The number of nitrogens with zero attached hydrogens (tertiary/aromatic N) is 2. The third-order valence-corrected chi connectivity index (χ3v) is 5.57. The molecule has 0 bridgehead atoms. The minimum absolute atomic E-state index is 0.0604. The predicted molar refractivity (Wildman–Crippen MR) is 90.7 cm³/mol. The third-order valence-electron chi connectivity index (χ3n) is 4.10. The van der Waals surface area contributed by atoms with Gasteiger partial charge in [-0.05, 0) is 42.5 Å². The van der Waals surface area contributed by atoms with E-state index in [1.807, 2.05) is 11.0 Å². The fraction of sp³-hybridized carbons (Fsp3) is 0.529. The molecule has 0 aliphatic carbocycles. The maximum Gasteiger partial charge on any atom is 0.253 e. The van der Waals surface area contributed by atoms with E-state index in [-0.39, 0.29) is 23.8 Å². The number of piperidine rings is 1. The Kier molecular flexibility index (Phi) is 5.97. The summed E-state index contributed by atoms with van der Waals surface area (Å²) in [5, 5.41) is 8.47. The van der Waals surface area contributed by atoms with E-state index in [4.69, 9.17) is 5.26 Å². The largest absolute Gasteiger partial charge is 0.338 e. The second-order valence-electron chi connectivity index (χ2n) is 6.49. The van der Waals surface area contributed by atoms with Crippen LogP contribution in [0.3, 0.4) is 0 Å².